The lowest BCUT2D eigenvalue weighted by Gasteiger charge is -2.07. The molecule has 0 fully saturated rings. The Hall–Kier alpha value is -1.00. The van der Waals surface area contributed by atoms with Gasteiger partial charge in [-0.15, -0.1) is 5.73 Å². The van der Waals surface area contributed by atoms with Gasteiger partial charge < -0.3 is 0 Å². The lowest BCUT2D eigenvalue weighted by Crippen LogP contribution is -1.93. The fourth-order valence-electron chi connectivity index (χ4n) is 1.01. The van der Waals surface area contributed by atoms with Gasteiger partial charge in [0.2, 0.25) is 0 Å². The molecule has 58 valence electrons. The molecule has 0 aromatic heterocycles. The summed E-state index contributed by atoms with van der Waals surface area (Å²) in [6, 6.07) is 0. The Morgan fingerprint density at radius 1 is 1.45 bits per heavy atom. The summed E-state index contributed by atoms with van der Waals surface area (Å²) in [6.45, 7) is 4.45. The Bertz CT molecular complexity index is 235. The number of rotatable bonds is 2. The van der Waals surface area contributed by atoms with Crippen molar-refractivity contribution in [2.24, 2.45) is 5.92 Å². The van der Waals surface area contributed by atoms with E-state index in [-0.39, 0.29) is 0 Å². The Kier molecular flexibility index (Phi) is 2.95. The van der Waals surface area contributed by atoms with Crippen LogP contribution in [-0.4, -0.2) is 0 Å². The van der Waals surface area contributed by atoms with Crippen molar-refractivity contribution in [3.05, 3.63) is 41.7 Å². The van der Waals surface area contributed by atoms with Crippen molar-refractivity contribution in [2.45, 2.75) is 20.3 Å². The molecule has 0 nitrogen and oxygen atoms in total. The minimum Gasteiger partial charge on any atom is -0.121 e. The van der Waals surface area contributed by atoms with Gasteiger partial charge in [0, 0.05) is 0 Å². The van der Waals surface area contributed by atoms with Crippen LogP contribution in [0.3, 0.4) is 0 Å². The Balaban J connectivity index is 2.79. The Morgan fingerprint density at radius 2 is 2.27 bits per heavy atom. The maximum atomic E-state index is 3.11. The van der Waals surface area contributed by atoms with Gasteiger partial charge >= 0.3 is 0 Å². The predicted molar refractivity (Wildman–Crippen MR) is 49.3 cm³/mol. The highest BCUT2D eigenvalue weighted by atomic mass is 14.1. The smallest absolute Gasteiger partial charge is 0.0165 e. The van der Waals surface area contributed by atoms with Crippen LogP contribution in [0, 0.1) is 5.92 Å². The summed E-state index contributed by atoms with van der Waals surface area (Å²) in [7, 11) is 0. The highest BCUT2D eigenvalue weighted by Gasteiger charge is 2.01. The van der Waals surface area contributed by atoms with Gasteiger partial charge in [-0.05, 0) is 30.1 Å². The van der Waals surface area contributed by atoms with Crippen LogP contribution in [0.4, 0.5) is 0 Å². The molecule has 1 unspecified atom stereocenters. The first-order chi connectivity index (χ1) is 5.34. The fraction of sp³-hybridized carbons (Fsp3) is 0.364. The lowest BCUT2D eigenvalue weighted by atomic mass is 9.98. The molecule has 0 aliphatic heterocycles. The summed E-state index contributed by atoms with van der Waals surface area (Å²) < 4.78 is 0. The predicted octanol–water partition coefficient (Wildman–Crippen LogP) is 3.24. The Morgan fingerprint density at radius 3 is 3.00 bits per heavy atom. The van der Waals surface area contributed by atoms with E-state index in [1.807, 2.05) is 12.2 Å². The van der Waals surface area contributed by atoms with Crippen molar-refractivity contribution in [1.29, 1.82) is 0 Å². The van der Waals surface area contributed by atoms with Gasteiger partial charge in [0.05, 0.1) is 0 Å². The van der Waals surface area contributed by atoms with Crippen LogP contribution < -0.4 is 0 Å². The first-order valence-electron chi connectivity index (χ1n) is 4.14. The monoisotopic (exact) mass is 146 g/mol. The van der Waals surface area contributed by atoms with E-state index in [2.05, 4.69) is 37.8 Å². The molecule has 0 aromatic carbocycles. The molecule has 0 spiro atoms. The van der Waals surface area contributed by atoms with Crippen LogP contribution in [-0.2, 0) is 0 Å². The van der Waals surface area contributed by atoms with Crippen LogP contribution in [0.2, 0.25) is 0 Å². The SMILES string of the molecule is CCC(C)C1=CC=CC=C=C1. The standard InChI is InChI=1S/C11H14/c1-3-10(2)11-8-6-4-5-7-9-11/h4-6,8-10H,3H2,1-2H3. The van der Waals surface area contributed by atoms with E-state index in [9.17, 15) is 0 Å². The summed E-state index contributed by atoms with van der Waals surface area (Å²) >= 11 is 0. The topological polar surface area (TPSA) is 0 Å². The molecule has 1 rings (SSSR count). The van der Waals surface area contributed by atoms with E-state index in [0.29, 0.717) is 5.92 Å². The molecule has 0 amide bonds. The molecule has 0 saturated carbocycles. The molecule has 0 saturated heterocycles. The van der Waals surface area contributed by atoms with Crippen LogP contribution >= 0.6 is 0 Å². The van der Waals surface area contributed by atoms with Gasteiger partial charge in [-0.25, -0.2) is 0 Å². The molecule has 0 bridgehead atoms. The highest BCUT2D eigenvalue weighted by molar-refractivity contribution is 5.30. The molecular formula is C11H14. The van der Waals surface area contributed by atoms with E-state index in [1.165, 1.54) is 12.0 Å². The summed E-state index contributed by atoms with van der Waals surface area (Å²) in [5.74, 6) is 0.652. The zero-order valence-corrected chi connectivity index (χ0v) is 7.17. The van der Waals surface area contributed by atoms with Gasteiger partial charge in [-0.2, -0.15) is 0 Å². The second-order valence-electron chi connectivity index (χ2n) is 2.84. The van der Waals surface area contributed by atoms with E-state index >= 15 is 0 Å². The van der Waals surface area contributed by atoms with E-state index in [0.717, 1.165) is 0 Å². The zero-order chi connectivity index (χ0) is 8.10. The van der Waals surface area contributed by atoms with E-state index in [1.54, 1.807) is 0 Å². The normalized spacial score (nSPS) is 17.8. The highest BCUT2D eigenvalue weighted by Crippen LogP contribution is 2.15. The van der Waals surface area contributed by atoms with Crippen LogP contribution in [0.5, 0.6) is 0 Å². The second kappa shape index (κ2) is 4.00. The summed E-state index contributed by atoms with van der Waals surface area (Å²) in [5, 5.41) is 0. The molecular weight excluding hydrogens is 132 g/mol. The molecule has 1 atom stereocenters. The van der Waals surface area contributed by atoms with Crippen molar-refractivity contribution >= 4 is 0 Å². The molecule has 1 aliphatic rings. The zero-order valence-electron chi connectivity index (χ0n) is 7.17. The lowest BCUT2D eigenvalue weighted by molar-refractivity contribution is 0.671. The van der Waals surface area contributed by atoms with Crippen molar-refractivity contribution in [3.8, 4) is 0 Å². The van der Waals surface area contributed by atoms with Gasteiger partial charge in [-0.1, -0.05) is 32.1 Å². The molecule has 0 heterocycles. The summed E-state index contributed by atoms with van der Waals surface area (Å²) in [5.41, 5.74) is 4.48. The van der Waals surface area contributed by atoms with Crippen molar-refractivity contribution in [1.82, 2.24) is 0 Å². The number of allylic oxidation sites excluding steroid dienone is 5. The van der Waals surface area contributed by atoms with Crippen molar-refractivity contribution in [2.75, 3.05) is 0 Å². The van der Waals surface area contributed by atoms with Crippen LogP contribution in [0.1, 0.15) is 20.3 Å². The second-order valence-corrected chi connectivity index (χ2v) is 2.84. The third-order valence-corrected chi connectivity index (χ3v) is 2.02. The maximum Gasteiger partial charge on any atom is -0.0165 e. The molecule has 1 aliphatic carbocycles. The summed E-state index contributed by atoms with van der Waals surface area (Å²) in [6.07, 6.45) is 11.4. The van der Waals surface area contributed by atoms with Gasteiger partial charge in [0.1, 0.15) is 0 Å². The van der Waals surface area contributed by atoms with Crippen LogP contribution in [0.15, 0.2) is 41.7 Å². The third-order valence-electron chi connectivity index (χ3n) is 2.02. The minimum atomic E-state index is 0.652. The quantitative estimate of drug-likeness (QED) is 0.525. The fourth-order valence-corrected chi connectivity index (χ4v) is 1.01. The van der Waals surface area contributed by atoms with Crippen molar-refractivity contribution < 1.29 is 0 Å². The van der Waals surface area contributed by atoms with Gasteiger partial charge in [0.25, 0.3) is 0 Å². The molecule has 0 N–H and O–H groups in total. The summed E-state index contributed by atoms with van der Waals surface area (Å²) in [4.78, 5) is 0. The average molecular weight is 146 g/mol. The van der Waals surface area contributed by atoms with Gasteiger partial charge in [0.15, 0.2) is 0 Å². The first kappa shape index (κ1) is 8.10. The third kappa shape index (κ3) is 2.25. The Labute approximate surface area is 68.6 Å². The average Bonchev–Trinajstić information content (AvgIpc) is 2.30. The molecule has 11 heavy (non-hydrogen) atoms. The van der Waals surface area contributed by atoms with Gasteiger partial charge in [-0.3, -0.25) is 0 Å². The van der Waals surface area contributed by atoms with Crippen LogP contribution in [0.25, 0.3) is 0 Å². The molecule has 0 heteroatoms. The van der Waals surface area contributed by atoms with E-state index < -0.39 is 0 Å². The largest absolute Gasteiger partial charge is 0.121 e. The minimum absolute atomic E-state index is 0.652. The van der Waals surface area contributed by atoms with Crippen molar-refractivity contribution in [3.63, 3.8) is 0 Å². The van der Waals surface area contributed by atoms with E-state index in [4.69, 9.17) is 0 Å². The molecule has 0 aromatic rings. The first-order valence-corrected chi connectivity index (χ1v) is 4.14. The number of hydrogen-bond acceptors (Lipinski definition) is 0. The number of hydrogen-bond donors (Lipinski definition) is 0. The maximum absolute atomic E-state index is 3.11. The molecule has 0 radical (unpaired) electrons.